The number of rotatable bonds is 2. The highest BCUT2D eigenvalue weighted by Gasteiger charge is 2.26. The Hall–Kier alpha value is -2.14. The number of carbonyl (C=O) groups is 1. The minimum Gasteiger partial charge on any atom is -0.305 e. The maximum Gasteiger partial charge on any atom is 0.333 e. The predicted octanol–water partition coefficient (Wildman–Crippen LogP) is 3.53. The van der Waals surface area contributed by atoms with Crippen molar-refractivity contribution < 1.29 is 4.79 Å². The van der Waals surface area contributed by atoms with E-state index in [1.54, 1.807) is 6.20 Å². The zero-order valence-electron chi connectivity index (χ0n) is 13.0. The van der Waals surface area contributed by atoms with E-state index < -0.39 is 0 Å². The van der Waals surface area contributed by atoms with E-state index in [1.807, 2.05) is 30.3 Å². The number of fused-ring (bicyclic) bond motifs is 1. The number of hydrogen-bond acceptors (Lipinski definition) is 3. The Morgan fingerprint density at radius 1 is 1.18 bits per heavy atom. The average Bonchev–Trinajstić information content (AvgIpc) is 2.51. The lowest BCUT2D eigenvalue weighted by atomic mass is 10.00. The third-order valence-electron chi connectivity index (χ3n) is 4.31. The average molecular weight is 298 g/mol. The number of para-hydroxylation sites is 1. The van der Waals surface area contributed by atoms with Crippen LogP contribution in [0.3, 0.4) is 0 Å². The highest BCUT2D eigenvalue weighted by Crippen LogP contribution is 2.22. The molecule has 1 fully saturated rings. The number of carbonyl (C=O) groups excluding carboxylic acids is 1. The van der Waals surface area contributed by atoms with Crippen molar-refractivity contribution >= 4 is 22.6 Å². The van der Waals surface area contributed by atoms with Gasteiger partial charge >= 0.3 is 6.03 Å². The highest BCUT2D eigenvalue weighted by atomic mass is 16.2. The molecule has 3 rings (SSSR count). The van der Waals surface area contributed by atoms with E-state index >= 15 is 0 Å². The van der Waals surface area contributed by atoms with Crippen LogP contribution in [0.1, 0.15) is 33.1 Å². The van der Waals surface area contributed by atoms with Gasteiger partial charge in [0, 0.05) is 23.7 Å². The summed E-state index contributed by atoms with van der Waals surface area (Å²) in [5.74, 6) is 0. The molecule has 1 aromatic heterocycles. The fraction of sp³-hybridized carbons (Fsp3) is 0.412. The first-order valence-corrected chi connectivity index (χ1v) is 7.85. The molecule has 2 heterocycles. The molecule has 2 aromatic rings. The van der Waals surface area contributed by atoms with E-state index in [2.05, 4.69) is 34.6 Å². The summed E-state index contributed by atoms with van der Waals surface area (Å²) < 4.78 is 0. The number of piperidine rings is 1. The van der Waals surface area contributed by atoms with E-state index in [-0.39, 0.29) is 6.03 Å². The summed E-state index contributed by atoms with van der Waals surface area (Å²) in [7, 11) is 0. The van der Waals surface area contributed by atoms with Crippen molar-refractivity contribution in [2.75, 3.05) is 5.32 Å². The van der Waals surface area contributed by atoms with E-state index in [4.69, 9.17) is 0 Å². The van der Waals surface area contributed by atoms with Gasteiger partial charge in [0.1, 0.15) is 0 Å². The molecule has 0 radical (unpaired) electrons. The molecule has 0 bridgehead atoms. The topological polar surface area (TPSA) is 57.3 Å². The maximum atomic E-state index is 12.3. The molecular formula is C17H22N4O. The van der Waals surface area contributed by atoms with Crippen LogP contribution in [0.25, 0.3) is 10.9 Å². The second kappa shape index (κ2) is 6.32. The Kier molecular flexibility index (Phi) is 4.24. The van der Waals surface area contributed by atoms with Gasteiger partial charge in [0.25, 0.3) is 0 Å². The fourth-order valence-electron chi connectivity index (χ4n) is 3.11. The number of amides is 2. The molecule has 2 atom stereocenters. The number of anilines is 1. The van der Waals surface area contributed by atoms with E-state index in [0.29, 0.717) is 12.1 Å². The Balaban J connectivity index is 1.73. The highest BCUT2D eigenvalue weighted by molar-refractivity contribution is 5.99. The van der Waals surface area contributed by atoms with Crippen LogP contribution in [0.5, 0.6) is 0 Å². The summed E-state index contributed by atoms with van der Waals surface area (Å²) in [4.78, 5) is 16.7. The Morgan fingerprint density at radius 3 is 2.68 bits per heavy atom. The van der Waals surface area contributed by atoms with Gasteiger partial charge in [-0.05, 0) is 38.8 Å². The minimum atomic E-state index is -0.209. The third kappa shape index (κ3) is 3.04. The van der Waals surface area contributed by atoms with Gasteiger partial charge in [-0.2, -0.15) is 0 Å². The first-order chi connectivity index (χ1) is 10.6. The number of hydrogen-bond donors (Lipinski definition) is 2. The molecule has 1 saturated heterocycles. The molecule has 1 aliphatic rings. The number of hydrazine groups is 1. The summed E-state index contributed by atoms with van der Waals surface area (Å²) >= 11 is 0. The quantitative estimate of drug-likeness (QED) is 0.891. The monoisotopic (exact) mass is 298 g/mol. The predicted molar refractivity (Wildman–Crippen MR) is 88.5 cm³/mol. The summed E-state index contributed by atoms with van der Waals surface area (Å²) in [6, 6.07) is 10.2. The molecule has 0 saturated carbocycles. The number of aromatic nitrogens is 1. The lowest BCUT2D eigenvalue weighted by Gasteiger charge is -2.38. The summed E-state index contributed by atoms with van der Waals surface area (Å²) in [5.41, 5.74) is 4.52. The largest absolute Gasteiger partial charge is 0.333 e. The lowest BCUT2D eigenvalue weighted by molar-refractivity contribution is 0.0625. The van der Waals surface area contributed by atoms with E-state index in [0.717, 1.165) is 29.4 Å². The molecule has 0 aliphatic carbocycles. The molecule has 116 valence electrons. The van der Waals surface area contributed by atoms with Crippen molar-refractivity contribution in [2.45, 2.75) is 45.2 Å². The zero-order chi connectivity index (χ0) is 15.5. The smallest absolute Gasteiger partial charge is 0.305 e. The van der Waals surface area contributed by atoms with Crippen molar-refractivity contribution in [2.24, 2.45) is 0 Å². The second-order valence-corrected chi connectivity index (χ2v) is 5.98. The number of pyridine rings is 1. The first-order valence-electron chi connectivity index (χ1n) is 7.85. The van der Waals surface area contributed by atoms with Crippen molar-refractivity contribution in [3.63, 3.8) is 0 Å². The Bertz CT molecular complexity index is 657. The standard InChI is InChI=1S/C17H22N4O/c1-12-6-3-7-13(2)21(12)20-17(22)19-15-10-4-8-14-9-5-11-18-16(14)15/h4-5,8-13H,3,6-7H2,1-2H3,(H2,19,20,22)/t12-,13+. The van der Waals surface area contributed by atoms with Crippen LogP contribution in [0.2, 0.25) is 0 Å². The third-order valence-corrected chi connectivity index (χ3v) is 4.31. The Labute approximate surface area is 130 Å². The summed E-state index contributed by atoms with van der Waals surface area (Å²) in [6.45, 7) is 4.30. The number of benzene rings is 1. The second-order valence-electron chi connectivity index (χ2n) is 5.98. The van der Waals surface area contributed by atoms with Crippen molar-refractivity contribution in [3.8, 4) is 0 Å². The molecule has 1 aromatic carbocycles. The van der Waals surface area contributed by atoms with Gasteiger partial charge in [-0.15, -0.1) is 0 Å². The van der Waals surface area contributed by atoms with Gasteiger partial charge in [0.05, 0.1) is 11.2 Å². The minimum absolute atomic E-state index is 0.209. The molecular weight excluding hydrogens is 276 g/mol. The van der Waals surface area contributed by atoms with Gasteiger partial charge in [-0.25, -0.2) is 9.80 Å². The van der Waals surface area contributed by atoms with Gasteiger partial charge in [0.15, 0.2) is 0 Å². The number of urea groups is 1. The van der Waals surface area contributed by atoms with Crippen LogP contribution >= 0.6 is 0 Å². The summed E-state index contributed by atoms with van der Waals surface area (Å²) in [5, 5.41) is 5.99. The zero-order valence-corrected chi connectivity index (χ0v) is 13.0. The van der Waals surface area contributed by atoms with Crippen LogP contribution in [-0.2, 0) is 0 Å². The Morgan fingerprint density at radius 2 is 1.91 bits per heavy atom. The number of nitrogens with zero attached hydrogens (tertiary/aromatic N) is 2. The van der Waals surface area contributed by atoms with Crippen molar-refractivity contribution in [1.82, 2.24) is 15.4 Å². The van der Waals surface area contributed by atoms with Gasteiger partial charge in [-0.1, -0.05) is 24.6 Å². The maximum absolute atomic E-state index is 12.3. The van der Waals surface area contributed by atoms with Crippen LogP contribution in [0.4, 0.5) is 10.5 Å². The van der Waals surface area contributed by atoms with Crippen LogP contribution in [0, 0.1) is 0 Å². The molecule has 1 aliphatic heterocycles. The van der Waals surface area contributed by atoms with E-state index in [1.165, 1.54) is 6.42 Å². The van der Waals surface area contributed by atoms with E-state index in [9.17, 15) is 4.79 Å². The molecule has 5 heteroatoms. The van der Waals surface area contributed by atoms with Gasteiger partial charge in [-0.3, -0.25) is 10.4 Å². The molecule has 2 amide bonds. The van der Waals surface area contributed by atoms with Crippen LogP contribution in [0.15, 0.2) is 36.5 Å². The SMILES string of the molecule is C[C@@H]1CCC[C@H](C)N1NC(=O)Nc1cccc2cccnc12. The van der Waals surface area contributed by atoms with Crippen LogP contribution < -0.4 is 10.7 Å². The van der Waals surface area contributed by atoms with Crippen LogP contribution in [-0.4, -0.2) is 28.1 Å². The fourth-order valence-corrected chi connectivity index (χ4v) is 3.11. The molecule has 0 spiro atoms. The number of nitrogens with one attached hydrogen (secondary N) is 2. The molecule has 0 unspecified atom stereocenters. The lowest BCUT2D eigenvalue weighted by Crippen LogP contribution is -2.55. The first kappa shape index (κ1) is 14.8. The molecule has 2 N–H and O–H groups in total. The normalized spacial score (nSPS) is 22.5. The molecule has 22 heavy (non-hydrogen) atoms. The van der Waals surface area contributed by atoms with Crippen molar-refractivity contribution in [3.05, 3.63) is 36.5 Å². The van der Waals surface area contributed by atoms with Gasteiger partial charge < -0.3 is 5.32 Å². The summed E-state index contributed by atoms with van der Waals surface area (Å²) in [6.07, 6.45) is 5.18. The molecule has 5 nitrogen and oxygen atoms in total. The van der Waals surface area contributed by atoms with Gasteiger partial charge in [0.2, 0.25) is 0 Å². The van der Waals surface area contributed by atoms with Crippen molar-refractivity contribution in [1.29, 1.82) is 0 Å².